The Hall–Kier alpha value is -4.17. The molecule has 1 aromatic carbocycles. The number of nitrogens with zero attached hydrogens (tertiary/aromatic N) is 2. The molecule has 1 aromatic rings. The monoisotopic (exact) mass is 1140 g/mol. The lowest BCUT2D eigenvalue weighted by Gasteiger charge is -2.27. The van der Waals surface area contributed by atoms with Crippen LogP contribution in [-0.2, 0) is 82.6 Å². The van der Waals surface area contributed by atoms with Crippen molar-refractivity contribution in [2.45, 2.75) is 76.0 Å². The highest BCUT2D eigenvalue weighted by molar-refractivity contribution is 7.85. The van der Waals surface area contributed by atoms with E-state index in [-0.39, 0.29) is 16.7 Å². The minimum absolute atomic E-state index is 0.0982. The summed E-state index contributed by atoms with van der Waals surface area (Å²) in [6.45, 7) is 22.7. The zero-order chi connectivity index (χ0) is 57.2. The number of hydrogen-bond acceptors (Lipinski definition) is 17. The van der Waals surface area contributed by atoms with Crippen LogP contribution < -0.4 is 14.8 Å². The molecular weight excluding hydrogens is 1040 g/mol. The average Bonchev–Trinajstić information content (AvgIpc) is 3.81. The summed E-state index contributed by atoms with van der Waals surface area (Å²) in [5.41, 5.74) is 3.46. The van der Waals surface area contributed by atoms with Gasteiger partial charge in [0, 0.05) is 61.0 Å². The van der Waals surface area contributed by atoms with Crippen LogP contribution in [0.15, 0.2) is 69.6 Å². The second kappa shape index (κ2) is 37.8. The molecule has 2 N–H and O–H groups in total. The number of rotatable bonds is 45. The summed E-state index contributed by atoms with van der Waals surface area (Å²) >= 11 is 0. The van der Waals surface area contributed by atoms with Gasteiger partial charge in [0.15, 0.2) is 13.1 Å². The third kappa shape index (κ3) is 25.7. The van der Waals surface area contributed by atoms with E-state index in [0.29, 0.717) is 184 Å². The second-order valence-electron chi connectivity index (χ2n) is 20.1. The minimum atomic E-state index is -4.44. The van der Waals surface area contributed by atoms with Crippen molar-refractivity contribution in [3.05, 3.63) is 82.6 Å². The molecule has 0 bridgehead atoms. The highest BCUT2D eigenvalue weighted by Crippen LogP contribution is 2.48. The molecule has 0 aromatic heterocycles. The van der Waals surface area contributed by atoms with E-state index in [2.05, 4.69) is 66.7 Å². The molecule has 2 heterocycles. The van der Waals surface area contributed by atoms with Gasteiger partial charge in [-0.05, 0) is 60.4 Å². The van der Waals surface area contributed by atoms with Gasteiger partial charge in [-0.25, -0.2) is 4.58 Å². The van der Waals surface area contributed by atoms with Crippen molar-refractivity contribution in [3.63, 3.8) is 0 Å². The molecule has 0 atom stereocenters. The summed E-state index contributed by atoms with van der Waals surface area (Å²) in [5, 5.41) is 10.1. The molecule has 446 valence electrons. The number of allylic oxidation sites excluding steroid dienone is 3. The van der Waals surface area contributed by atoms with Crippen LogP contribution in [-0.4, -0.2) is 203 Å². The number of benzene rings is 2. The number of fused-ring (bicyclic) bond motifs is 2. The number of ether oxygens (including phenoxy) is 12. The topological polar surface area (TPSA) is 222 Å². The summed E-state index contributed by atoms with van der Waals surface area (Å²) in [6, 6.07) is 13.0. The fraction of sp³-hybridized carbons (Fsp3) is 0.655. The highest BCUT2D eigenvalue weighted by atomic mass is 32.2. The van der Waals surface area contributed by atoms with E-state index in [0.717, 1.165) is 45.6 Å². The summed E-state index contributed by atoms with van der Waals surface area (Å²) in [6.07, 6.45) is 8.22. The van der Waals surface area contributed by atoms with Crippen LogP contribution in [0.5, 0.6) is 0 Å². The molecular formula is C58H91N2O18S+. The van der Waals surface area contributed by atoms with Gasteiger partial charge in [0.25, 0.3) is 10.1 Å². The molecule has 4 rings (SSSR count). The van der Waals surface area contributed by atoms with Gasteiger partial charge in [-0.3, -0.25) is 9.35 Å². The Balaban J connectivity index is 1.45. The SMILES string of the molecule is COCCOCCOCCOCCOCCOCC[N+](CCOCCOCCOCCOCCOCCOC)=c1ccc2c(C=CC=C3N(CCCCCC(=O)O)c4ccc(S(=O)(=O)O)cc4C3(C)C)cc(C(C)(C)C)oc-2c1. The van der Waals surface area contributed by atoms with Gasteiger partial charge < -0.3 is 71.3 Å². The smallest absolute Gasteiger partial charge is 0.303 e. The first-order chi connectivity index (χ1) is 38.1. The van der Waals surface area contributed by atoms with E-state index in [1.165, 1.54) is 6.07 Å². The lowest BCUT2D eigenvalue weighted by molar-refractivity contribution is -0.137. The van der Waals surface area contributed by atoms with Crippen molar-refractivity contribution < 1.29 is 84.1 Å². The molecule has 0 fully saturated rings. The maximum atomic E-state index is 12.2. The number of methoxy groups -OCH3 is 2. The van der Waals surface area contributed by atoms with Crippen molar-refractivity contribution in [2.75, 3.05) is 184 Å². The molecule has 0 spiro atoms. The van der Waals surface area contributed by atoms with Crippen molar-refractivity contribution in [1.82, 2.24) is 4.58 Å². The Kier molecular flexibility index (Phi) is 32.2. The van der Waals surface area contributed by atoms with Gasteiger partial charge in [-0.1, -0.05) is 53.2 Å². The predicted octanol–water partition coefficient (Wildman–Crippen LogP) is 6.50. The summed E-state index contributed by atoms with van der Waals surface area (Å²) in [5.74, 6) is 0.684. The van der Waals surface area contributed by atoms with Crippen LogP contribution in [0.1, 0.15) is 77.2 Å². The number of carbonyl (C=O) groups is 1. The van der Waals surface area contributed by atoms with Gasteiger partial charge in [0.05, 0.1) is 143 Å². The zero-order valence-electron chi connectivity index (χ0n) is 48.0. The highest BCUT2D eigenvalue weighted by Gasteiger charge is 2.40. The van der Waals surface area contributed by atoms with Crippen LogP contribution >= 0.6 is 0 Å². The van der Waals surface area contributed by atoms with Gasteiger partial charge in [-0.2, -0.15) is 8.42 Å². The Bertz CT molecular complexity index is 2360. The minimum Gasteiger partial charge on any atom is -0.481 e. The summed E-state index contributed by atoms with van der Waals surface area (Å²) in [4.78, 5) is 13.2. The Morgan fingerprint density at radius 2 is 1.10 bits per heavy atom. The molecule has 0 radical (unpaired) electrons. The number of aliphatic carboxylic acids is 1. The van der Waals surface area contributed by atoms with Crippen LogP contribution in [0.2, 0.25) is 0 Å². The van der Waals surface area contributed by atoms with Gasteiger partial charge in [0.1, 0.15) is 24.7 Å². The Morgan fingerprint density at radius 1 is 0.633 bits per heavy atom. The first-order valence-electron chi connectivity index (χ1n) is 27.5. The molecule has 3 aliphatic rings. The third-order valence-electron chi connectivity index (χ3n) is 12.7. The van der Waals surface area contributed by atoms with Crippen molar-refractivity contribution in [3.8, 4) is 11.3 Å². The fourth-order valence-corrected chi connectivity index (χ4v) is 8.90. The standard InChI is InChI=1S/C58H90N2O18S/c1-57(2,3)55-44-47(12-11-13-54-58(4,5)51-46-49(79(63,64)65)16-18-52(51)60(54)19-10-8-9-14-56(61)62)50-17-15-48(45-53(50)78-55)59(20-22-68-28-30-72-36-38-76-42-40-74-34-32-70-26-24-66-6)21-23-69-29-31-73-37-39-77-43-41-75-35-33-71-27-25-67-7/h11-13,15-18,44-46H,8-10,14,19-43H2,1-7H3,(H-,61,62,63,64,65)/p+1. The number of unbranched alkanes of at least 4 members (excludes halogenated alkanes) is 2. The fourth-order valence-electron chi connectivity index (χ4n) is 8.39. The van der Waals surface area contributed by atoms with Crippen LogP contribution in [0.25, 0.3) is 17.4 Å². The third-order valence-corrected chi connectivity index (χ3v) is 13.6. The van der Waals surface area contributed by atoms with Crippen molar-refractivity contribution in [1.29, 1.82) is 0 Å². The van der Waals surface area contributed by atoms with Crippen molar-refractivity contribution in [2.24, 2.45) is 0 Å². The quantitative estimate of drug-likeness (QED) is 0.0350. The molecule has 0 saturated heterocycles. The largest absolute Gasteiger partial charge is 0.481 e. The lowest BCUT2D eigenvalue weighted by Crippen LogP contribution is -2.36. The molecule has 0 amide bonds. The Labute approximate surface area is 468 Å². The molecule has 0 saturated carbocycles. The molecule has 21 heteroatoms. The number of carboxylic acid groups (broad SMARTS) is 1. The molecule has 1 aliphatic carbocycles. The lowest BCUT2D eigenvalue weighted by atomic mass is 9.83. The van der Waals surface area contributed by atoms with E-state index in [9.17, 15) is 22.9 Å². The average molecular weight is 1140 g/mol. The first kappa shape index (κ1) is 67.3. The molecule has 2 aliphatic heterocycles. The van der Waals surface area contributed by atoms with E-state index in [4.69, 9.17) is 61.3 Å². The van der Waals surface area contributed by atoms with Crippen LogP contribution in [0.3, 0.4) is 0 Å². The van der Waals surface area contributed by atoms with E-state index in [1.807, 2.05) is 19.9 Å². The Morgan fingerprint density at radius 3 is 1.54 bits per heavy atom. The van der Waals surface area contributed by atoms with Gasteiger partial charge >= 0.3 is 5.97 Å². The summed E-state index contributed by atoms with van der Waals surface area (Å²) < 4.78 is 110. The van der Waals surface area contributed by atoms with E-state index >= 15 is 0 Å². The molecule has 79 heavy (non-hydrogen) atoms. The van der Waals surface area contributed by atoms with E-state index < -0.39 is 21.5 Å². The molecule has 0 unspecified atom stereocenters. The predicted molar refractivity (Wildman–Crippen MR) is 301 cm³/mol. The normalized spacial score (nSPS) is 14.1. The van der Waals surface area contributed by atoms with E-state index in [1.54, 1.807) is 26.4 Å². The van der Waals surface area contributed by atoms with Gasteiger partial charge in [0.2, 0.25) is 5.36 Å². The molecule has 20 nitrogen and oxygen atoms in total. The number of anilines is 1. The number of carboxylic acids is 1. The second-order valence-corrected chi connectivity index (χ2v) is 21.6. The zero-order valence-corrected chi connectivity index (χ0v) is 48.8. The van der Waals surface area contributed by atoms with Crippen LogP contribution in [0, 0.1) is 0 Å². The van der Waals surface area contributed by atoms with Crippen LogP contribution in [0.4, 0.5) is 5.69 Å². The maximum Gasteiger partial charge on any atom is 0.303 e. The van der Waals surface area contributed by atoms with Gasteiger partial charge in [-0.15, -0.1) is 0 Å². The maximum absolute atomic E-state index is 12.2. The summed E-state index contributed by atoms with van der Waals surface area (Å²) in [7, 11) is -1.16. The number of hydrogen-bond donors (Lipinski definition) is 2. The van der Waals surface area contributed by atoms with Crippen molar-refractivity contribution >= 4 is 27.9 Å². The first-order valence-corrected chi connectivity index (χ1v) is 28.9.